The summed E-state index contributed by atoms with van der Waals surface area (Å²) in [5, 5.41) is 0. The number of rotatable bonds is 2. The molecule has 86 valence electrons. The Morgan fingerprint density at radius 1 is 1.25 bits per heavy atom. The molecule has 0 heterocycles. The molecule has 0 saturated heterocycles. The number of ketones is 1. The third-order valence-electron chi connectivity index (χ3n) is 3.30. The Morgan fingerprint density at radius 3 is 2.94 bits per heavy atom. The number of halogens is 1. The van der Waals surface area contributed by atoms with Crippen molar-refractivity contribution in [3.63, 3.8) is 0 Å². The number of hydrogen-bond donors (Lipinski definition) is 0. The SMILES string of the molecule is O=C1CCCCCC1Cc1cccc(Br)c1. The van der Waals surface area contributed by atoms with Crippen molar-refractivity contribution in [2.75, 3.05) is 0 Å². The first kappa shape index (κ1) is 11.8. The van der Waals surface area contributed by atoms with Crippen LogP contribution in [0, 0.1) is 5.92 Å². The van der Waals surface area contributed by atoms with Gasteiger partial charge in [-0.25, -0.2) is 0 Å². The number of benzene rings is 1. The van der Waals surface area contributed by atoms with Crippen molar-refractivity contribution in [1.29, 1.82) is 0 Å². The van der Waals surface area contributed by atoms with E-state index >= 15 is 0 Å². The van der Waals surface area contributed by atoms with Crippen molar-refractivity contribution < 1.29 is 4.79 Å². The van der Waals surface area contributed by atoms with Crippen molar-refractivity contribution in [2.45, 2.75) is 38.5 Å². The molecular formula is C14H17BrO. The Morgan fingerprint density at radius 2 is 2.12 bits per heavy atom. The molecule has 0 aliphatic heterocycles. The Bertz CT molecular complexity index is 373. The maximum absolute atomic E-state index is 11.9. The van der Waals surface area contributed by atoms with Crippen LogP contribution in [0.2, 0.25) is 0 Å². The van der Waals surface area contributed by atoms with E-state index in [0.717, 1.165) is 30.2 Å². The molecule has 1 aliphatic carbocycles. The van der Waals surface area contributed by atoms with Gasteiger partial charge in [-0.1, -0.05) is 40.9 Å². The first-order valence-corrected chi connectivity index (χ1v) is 6.82. The lowest BCUT2D eigenvalue weighted by Gasteiger charge is -2.12. The van der Waals surface area contributed by atoms with Gasteiger partial charge in [0, 0.05) is 16.8 Å². The molecule has 0 radical (unpaired) electrons. The molecule has 1 atom stereocenters. The van der Waals surface area contributed by atoms with Gasteiger partial charge in [0.1, 0.15) is 5.78 Å². The van der Waals surface area contributed by atoms with Crippen LogP contribution in [0.3, 0.4) is 0 Å². The van der Waals surface area contributed by atoms with Crippen molar-refractivity contribution in [2.24, 2.45) is 5.92 Å². The highest BCUT2D eigenvalue weighted by Gasteiger charge is 2.20. The van der Waals surface area contributed by atoms with Crippen LogP contribution in [0.1, 0.15) is 37.7 Å². The molecule has 0 spiro atoms. The van der Waals surface area contributed by atoms with E-state index in [2.05, 4.69) is 28.1 Å². The second kappa shape index (κ2) is 5.62. The van der Waals surface area contributed by atoms with Gasteiger partial charge in [0.2, 0.25) is 0 Å². The highest BCUT2D eigenvalue weighted by atomic mass is 79.9. The normalized spacial score (nSPS) is 21.8. The number of carbonyl (C=O) groups excluding carboxylic acids is 1. The van der Waals surface area contributed by atoms with E-state index in [0.29, 0.717) is 5.78 Å². The molecule has 0 aromatic heterocycles. The van der Waals surface area contributed by atoms with Crippen LogP contribution in [0.5, 0.6) is 0 Å². The molecule has 0 amide bonds. The molecule has 1 saturated carbocycles. The maximum Gasteiger partial charge on any atom is 0.136 e. The van der Waals surface area contributed by atoms with Crippen molar-refractivity contribution in [3.8, 4) is 0 Å². The van der Waals surface area contributed by atoms with Crippen molar-refractivity contribution in [3.05, 3.63) is 34.3 Å². The summed E-state index contributed by atoms with van der Waals surface area (Å²) >= 11 is 3.47. The Kier molecular flexibility index (Phi) is 4.16. The maximum atomic E-state index is 11.9. The molecule has 1 unspecified atom stereocenters. The zero-order chi connectivity index (χ0) is 11.4. The zero-order valence-electron chi connectivity index (χ0n) is 9.42. The molecule has 2 heteroatoms. The van der Waals surface area contributed by atoms with Gasteiger partial charge in [-0.3, -0.25) is 4.79 Å². The van der Waals surface area contributed by atoms with Gasteiger partial charge in [0.15, 0.2) is 0 Å². The van der Waals surface area contributed by atoms with Crippen LogP contribution in [-0.4, -0.2) is 5.78 Å². The second-order valence-corrected chi connectivity index (χ2v) is 5.51. The summed E-state index contributed by atoms with van der Waals surface area (Å²) in [6, 6.07) is 8.31. The van der Waals surface area contributed by atoms with Gasteiger partial charge in [-0.15, -0.1) is 0 Å². The van der Waals surface area contributed by atoms with Crippen LogP contribution in [0.4, 0.5) is 0 Å². The zero-order valence-corrected chi connectivity index (χ0v) is 11.0. The van der Waals surface area contributed by atoms with Gasteiger partial charge >= 0.3 is 0 Å². The Hall–Kier alpha value is -0.630. The molecule has 1 aliphatic rings. The van der Waals surface area contributed by atoms with Gasteiger partial charge in [0.05, 0.1) is 0 Å². The fraction of sp³-hybridized carbons (Fsp3) is 0.500. The first-order chi connectivity index (χ1) is 7.75. The Balaban J connectivity index is 2.05. The van der Waals surface area contributed by atoms with Crippen LogP contribution in [-0.2, 0) is 11.2 Å². The third-order valence-corrected chi connectivity index (χ3v) is 3.80. The molecule has 16 heavy (non-hydrogen) atoms. The number of carbonyl (C=O) groups is 1. The lowest BCUT2D eigenvalue weighted by atomic mass is 9.91. The highest BCUT2D eigenvalue weighted by Crippen LogP contribution is 2.24. The minimum Gasteiger partial charge on any atom is -0.299 e. The number of Topliss-reactive ketones (excluding diaryl/α,β-unsaturated/α-hetero) is 1. The monoisotopic (exact) mass is 280 g/mol. The van der Waals surface area contributed by atoms with E-state index in [1.54, 1.807) is 0 Å². The molecular weight excluding hydrogens is 264 g/mol. The molecule has 1 aromatic carbocycles. The first-order valence-electron chi connectivity index (χ1n) is 6.03. The fourth-order valence-electron chi connectivity index (χ4n) is 2.40. The van der Waals surface area contributed by atoms with E-state index in [-0.39, 0.29) is 5.92 Å². The lowest BCUT2D eigenvalue weighted by molar-refractivity contribution is -0.122. The summed E-state index contributed by atoms with van der Waals surface area (Å²) in [5.74, 6) is 0.731. The summed E-state index contributed by atoms with van der Waals surface area (Å²) in [6.07, 6.45) is 6.31. The summed E-state index contributed by atoms with van der Waals surface area (Å²) in [7, 11) is 0. The van der Waals surface area contributed by atoms with Crippen LogP contribution in [0.15, 0.2) is 28.7 Å². The van der Waals surface area contributed by atoms with E-state index < -0.39 is 0 Å². The largest absolute Gasteiger partial charge is 0.299 e. The number of hydrogen-bond acceptors (Lipinski definition) is 1. The standard InChI is InChI=1S/C14H17BrO/c15-13-7-4-5-11(10-13)9-12-6-2-1-3-8-14(12)16/h4-5,7,10,12H,1-3,6,8-9H2. The minimum absolute atomic E-state index is 0.261. The van der Waals surface area contributed by atoms with E-state index in [1.165, 1.54) is 18.4 Å². The van der Waals surface area contributed by atoms with Gasteiger partial charge < -0.3 is 0 Å². The molecule has 0 bridgehead atoms. The molecule has 1 fully saturated rings. The summed E-state index contributed by atoms with van der Waals surface area (Å²) in [5.41, 5.74) is 1.27. The highest BCUT2D eigenvalue weighted by molar-refractivity contribution is 9.10. The van der Waals surface area contributed by atoms with Crippen LogP contribution < -0.4 is 0 Å². The summed E-state index contributed by atoms with van der Waals surface area (Å²) in [6.45, 7) is 0. The summed E-state index contributed by atoms with van der Waals surface area (Å²) < 4.78 is 1.10. The lowest BCUT2D eigenvalue weighted by Crippen LogP contribution is -2.15. The van der Waals surface area contributed by atoms with Crippen LogP contribution >= 0.6 is 15.9 Å². The quantitative estimate of drug-likeness (QED) is 0.744. The predicted molar refractivity (Wildman–Crippen MR) is 69.4 cm³/mol. The van der Waals surface area contributed by atoms with Crippen LogP contribution in [0.25, 0.3) is 0 Å². The van der Waals surface area contributed by atoms with Gasteiger partial charge in [-0.05, 0) is 37.0 Å². The smallest absolute Gasteiger partial charge is 0.136 e. The fourth-order valence-corrected chi connectivity index (χ4v) is 2.84. The third kappa shape index (κ3) is 3.18. The van der Waals surface area contributed by atoms with E-state index in [1.807, 2.05) is 12.1 Å². The van der Waals surface area contributed by atoms with Gasteiger partial charge in [-0.2, -0.15) is 0 Å². The average Bonchev–Trinajstić information content (AvgIpc) is 2.45. The molecule has 1 aromatic rings. The van der Waals surface area contributed by atoms with Crippen molar-refractivity contribution >= 4 is 21.7 Å². The predicted octanol–water partition coefficient (Wildman–Crippen LogP) is 4.14. The Labute approximate surface area is 105 Å². The minimum atomic E-state index is 0.261. The molecule has 1 nitrogen and oxygen atoms in total. The topological polar surface area (TPSA) is 17.1 Å². The molecule has 0 N–H and O–H groups in total. The van der Waals surface area contributed by atoms with E-state index in [4.69, 9.17) is 0 Å². The summed E-state index contributed by atoms with van der Waals surface area (Å²) in [4.78, 5) is 11.9. The molecule has 2 rings (SSSR count). The van der Waals surface area contributed by atoms with Gasteiger partial charge in [0.25, 0.3) is 0 Å². The average molecular weight is 281 g/mol. The van der Waals surface area contributed by atoms with Crippen molar-refractivity contribution in [1.82, 2.24) is 0 Å². The van der Waals surface area contributed by atoms with E-state index in [9.17, 15) is 4.79 Å². The second-order valence-electron chi connectivity index (χ2n) is 4.60.